The molecule has 0 radical (unpaired) electrons. The van der Waals surface area contributed by atoms with Gasteiger partial charge in [0.2, 0.25) is 0 Å². The standard InChI is InChI=1S/C15H19NO2/c1-4-5-8-16-11(3)10(2)13-9-12(15(17)18)6-7-14(13)16/h6-7,9H,4-5,8H2,1-3H3,(H,17,18). The largest absolute Gasteiger partial charge is 0.478 e. The Kier molecular flexibility index (Phi) is 3.41. The van der Waals surface area contributed by atoms with Crippen LogP contribution < -0.4 is 0 Å². The molecular formula is C15H19NO2. The van der Waals surface area contributed by atoms with Crippen LogP contribution in [0.4, 0.5) is 0 Å². The third-order valence-electron chi connectivity index (χ3n) is 3.62. The molecule has 2 aromatic rings. The quantitative estimate of drug-likeness (QED) is 0.891. The zero-order valence-electron chi connectivity index (χ0n) is 11.2. The Labute approximate surface area is 107 Å². The Morgan fingerprint density at radius 3 is 2.67 bits per heavy atom. The summed E-state index contributed by atoms with van der Waals surface area (Å²) in [5, 5.41) is 10.1. The van der Waals surface area contributed by atoms with E-state index < -0.39 is 5.97 Å². The molecule has 96 valence electrons. The Morgan fingerprint density at radius 2 is 2.06 bits per heavy atom. The Hall–Kier alpha value is -1.77. The lowest BCUT2D eigenvalue weighted by molar-refractivity contribution is 0.0697. The van der Waals surface area contributed by atoms with Gasteiger partial charge in [-0.25, -0.2) is 4.79 Å². The first kappa shape index (κ1) is 12.7. The van der Waals surface area contributed by atoms with E-state index in [1.54, 1.807) is 12.1 Å². The van der Waals surface area contributed by atoms with Gasteiger partial charge in [0.25, 0.3) is 0 Å². The monoisotopic (exact) mass is 245 g/mol. The van der Waals surface area contributed by atoms with Crippen molar-refractivity contribution in [1.82, 2.24) is 4.57 Å². The summed E-state index contributed by atoms with van der Waals surface area (Å²) in [6, 6.07) is 5.39. The molecule has 0 unspecified atom stereocenters. The van der Waals surface area contributed by atoms with E-state index in [9.17, 15) is 4.79 Å². The van der Waals surface area contributed by atoms with Crippen LogP contribution in [0.25, 0.3) is 10.9 Å². The van der Waals surface area contributed by atoms with E-state index in [1.807, 2.05) is 6.07 Å². The second-order valence-corrected chi connectivity index (χ2v) is 4.75. The van der Waals surface area contributed by atoms with Gasteiger partial charge in [0.05, 0.1) is 5.56 Å². The van der Waals surface area contributed by atoms with Crippen LogP contribution >= 0.6 is 0 Å². The van der Waals surface area contributed by atoms with Crippen LogP contribution in [-0.2, 0) is 6.54 Å². The lowest BCUT2D eigenvalue weighted by atomic mass is 10.1. The van der Waals surface area contributed by atoms with Gasteiger partial charge in [-0.2, -0.15) is 0 Å². The number of hydrogen-bond acceptors (Lipinski definition) is 1. The summed E-state index contributed by atoms with van der Waals surface area (Å²) >= 11 is 0. The first-order valence-electron chi connectivity index (χ1n) is 6.39. The van der Waals surface area contributed by atoms with Crippen LogP contribution in [-0.4, -0.2) is 15.6 Å². The van der Waals surface area contributed by atoms with Gasteiger partial charge in [-0.3, -0.25) is 0 Å². The van der Waals surface area contributed by atoms with E-state index in [2.05, 4.69) is 25.3 Å². The molecule has 18 heavy (non-hydrogen) atoms. The molecule has 0 spiro atoms. The fraction of sp³-hybridized carbons (Fsp3) is 0.400. The Balaban J connectivity index is 2.60. The van der Waals surface area contributed by atoms with Gasteiger partial charge in [0, 0.05) is 23.1 Å². The van der Waals surface area contributed by atoms with Crippen molar-refractivity contribution in [3.8, 4) is 0 Å². The summed E-state index contributed by atoms with van der Waals surface area (Å²) in [7, 11) is 0. The topological polar surface area (TPSA) is 42.2 Å². The van der Waals surface area contributed by atoms with Gasteiger partial charge < -0.3 is 9.67 Å². The molecular weight excluding hydrogens is 226 g/mol. The van der Waals surface area contributed by atoms with Crippen LogP contribution in [0.3, 0.4) is 0 Å². The number of carboxylic acids is 1. The van der Waals surface area contributed by atoms with Crippen LogP contribution in [0.2, 0.25) is 0 Å². The summed E-state index contributed by atoms with van der Waals surface area (Å²) in [6.07, 6.45) is 2.30. The van der Waals surface area contributed by atoms with E-state index in [0.717, 1.165) is 30.3 Å². The highest BCUT2D eigenvalue weighted by Crippen LogP contribution is 2.26. The number of aryl methyl sites for hydroxylation is 2. The lowest BCUT2D eigenvalue weighted by Gasteiger charge is -2.07. The second kappa shape index (κ2) is 4.84. The molecule has 3 heteroatoms. The summed E-state index contributed by atoms with van der Waals surface area (Å²) < 4.78 is 2.29. The average molecular weight is 245 g/mol. The fourth-order valence-electron chi connectivity index (χ4n) is 2.39. The number of unbranched alkanes of at least 4 members (excludes halogenated alkanes) is 1. The maximum Gasteiger partial charge on any atom is 0.335 e. The zero-order chi connectivity index (χ0) is 13.3. The molecule has 1 aromatic carbocycles. The van der Waals surface area contributed by atoms with Crippen molar-refractivity contribution in [2.75, 3.05) is 0 Å². The summed E-state index contributed by atoms with van der Waals surface area (Å²) in [4.78, 5) is 11.0. The smallest absolute Gasteiger partial charge is 0.335 e. The van der Waals surface area contributed by atoms with Crippen molar-refractivity contribution in [1.29, 1.82) is 0 Å². The highest BCUT2D eigenvalue weighted by atomic mass is 16.4. The highest BCUT2D eigenvalue weighted by molar-refractivity contribution is 5.95. The number of aromatic nitrogens is 1. The molecule has 1 heterocycles. The number of carbonyl (C=O) groups is 1. The number of nitrogens with zero attached hydrogens (tertiary/aromatic N) is 1. The normalized spacial score (nSPS) is 11.1. The first-order chi connectivity index (χ1) is 8.56. The molecule has 0 aliphatic rings. The second-order valence-electron chi connectivity index (χ2n) is 4.75. The molecule has 3 nitrogen and oxygen atoms in total. The lowest BCUT2D eigenvalue weighted by Crippen LogP contribution is -2.00. The molecule has 0 aliphatic heterocycles. The molecule has 0 saturated carbocycles. The van der Waals surface area contributed by atoms with Crippen molar-refractivity contribution in [2.24, 2.45) is 0 Å². The van der Waals surface area contributed by atoms with Crippen molar-refractivity contribution < 1.29 is 9.90 Å². The van der Waals surface area contributed by atoms with Crippen LogP contribution in [0, 0.1) is 13.8 Å². The van der Waals surface area contributed by atoms with Gasteiger partial charge in [0.1, 0.15) is 0 Å². The molecule has 0 saturated heterocycles. The van der Waals surface area contributed by atoms with Gasteiger partial charge in [-0.1, -0.05) is 13.3 Å². The van der Waals surface area contributed by atoms with Crippen molar-refractivity contribution in [3.63, 3.8) is 0 Å². The fourth-order valence-corrected chi connectivity index (χ4v) is 2.39. The van der Waals surface area contributed by atoms with Crippen molar-refractivity contribution in [3.05, 3.63) is 35.0 Å². The molecule has 0 bridgehead atoms. The molecule has 0 amide bonds. The number of rotatable bonds is 4. The minimum atomic E-state index is -0.865. The maximum absolute atomic E-state index is 11.0. The molecule has 0 aliphatic carbocycles. The van der Waals surface area contributed by atoms with Crippen LogP contribution in [0.1, 0.15) is 41.4 Å². The molecule has 1 aromatic heterocycles. The van der Waals surface area contributed by atoms with E-state index in [0.29, 0.717) is 5.56 Å². The maximum atomic E-state index is 11.0. The Bertz CT molecular complexity index is 596. The summed E-state index contributed by atoms with van der Waals surface area (Å²) in [5.41, 5.74) is 3.92. The third-order valence-corrected chi connectivity index (χ3v) is 3.62. The Morgan fingerprint density at radius 1 is 1.33 bits per heavy atom. The van der Waals surface area contributed by atoms with E-state index >= 15 is 0 Å². The predicted molar refractivity (Wildman–Crippen MR) is 73.3 cm³/mol. The van der Waals surface area contributed by atoms with Gasteiger partial charge in [-0.15, -0.1) is 0 Å². The SMILES string of the molecule is CCCCn1c(C)c(C)c2cc(C(=O)O)ccc21. The molecule has 0 atom stereocenters. The van der Waals surface area contributed by atoms with Crippen molar-refractivity contribution >= 4 is 16.9 Å². The predicted octanol–water partition coefficient (Wildman–Crippen LogP) is 3.76. The van der Waals surface area contributed by atoms with Crippen LogP contribution in [0.15, 0.2) is 18.2 Å². The third kappa shape index (κ3) is 2.01. The van der Waals surface area contributed by atoms with Gasteiger partial charge in [-0.05, 0) is 44.0 Å². The average Bonchev–Trinajstić information content (AvgIpc) is 2.60. The zero-order valence-corrected chi connectivity index (χ0v) is 11.2. The van der Waals surface area contributed by atoms with E-state index in [-0.39, 0.29) is 0 Å². The number of carboxylic acid groups (broad SMARTS) is 1. The number of hydrogen-bond donors (Lipinski definition) is 1. The molecule has 0 fully saturated rings. The first-order valence-corrected chi connectivity index (χ1v) is 6.39. The van der Waals surface area contributed by atoms with Gasteiger partial charge >= 0.3 is 5.97 Å². The van der Waals surface area contributed by atoms with E-state index in [4.69, 9.17) is 5.11 Å². The van der Waals surface area contributed by atoms with Gasteiger partial charge in [0.15, 0.2) is 0 Å². The molecule has 1 N–H and O–H groups in total. The highest BCUT2D eigenvalue weighted by Gasteiger charge is 2.12. The minimum Gasteiger partial charge on any atom is -0.478 e. The van der Waals surface area contributed by atoms with Crippen molar-refractivity contribution in [2.45, 2.75) is 40.2 Å². The van der Waals surface area contributed by atoms with Crippen LogP contribution in [0.5, 0.6) is 0 Å². The molecule has 2 rings (SSSR count). The number of fused-ring (bicyclic) bond motifs is 1. The summed E-state index contributed by atoms with van der Waals surface area (Å²) in [6.45, 7) is 7.34. The number of aromatic carboxylic acids is 1. The number of benzene rings is 1. The summed E-state index contributed by atoms with van der Waals surface area (Å²) in [5.74, 6) is -0.865. The minimum absolute atomic E-state index is 0.359. The van der Waals surface area contributed by atoms with E-state index in [1.165, 1.54) is 11.3 Å².